The number of nitrogens with one attached hydrogen (secondary N) is 2. The highest BCUT2D eigenvalue weighted by molar-refractivity contribution is 5.76. The molecule has 1 aromatic carbocycles. The molecule has 1 heterocycles. The summed E-state index contributed by atoms with van der Waals surface area (Å²) in [4.78, 5) is 4.28. The van der Waals surface area contributed by atoms with E-state index >= 15 is 0 Å². The zero-order valence-electron chi connectivity index (χ0n) is 14.1. The van der Waals surface area contributed by atoms with Crippen molar-refractivity contribution < 1.29 is 0 Å². The van der Waals surface area contributed by atoms with E-state index in [2.05, 4.69) is 52.9 Å². The van der Waals surface area contributed by atoms with Gasteiger partial charge in [0.15, 0.2) is 0 Å². The maximum atomic E-state index is 4.28. The molecule has 0 radical (unpaired) electrons. The maximum absolute atomic E-state index is 4.28. The summed E-state index contributed by atoms with van der Waals surface area (Å²) in [6, 6.07) is 12.6. The second-order valence-electron chi connectivity index (χ2n) is 5.43. The van der Waals surface area contributed by atoms with Gasteiger partial charge in [-0.2, -0.15) is 0 Å². The van der Waals surface area contributed by atoms with Gasteiger partial charge in [0.1, 0.15) is 5.82 Å². The van der Waals surface area contributed by atoms with E-state index in [1.165, 1.54) is 22.3 Å². The molecule has 1 aromatic heterocycles. The minimum absolute atomic E-state index is 0.869. The molecule has 0 bridgehead atoms. The summed E-state index contributed by atoms with van der Waals surface area (Å²) in [7, 11) is 1.93. The van der Waals surface area contributed by atoms with Gasteiger partial charge in [-0.25, -0.2) is 4.98 Å². The number of rotatable bonds is 7. The van der Waals surface area contributed by atoms with Crippen LogP contribution in [0.2, 0.25) is 0 Å². The number of aryl methyl sites for hydroxylation is 1. The minimum Gasteiger partial charge on any atom is -0.393 e. The Kier molecular flexibility index (Phi) is 6.42. The third kappa shape index (κ3) is 4.99. The molecule has 3 heteroatoms. The lowest BCUT2D eigenvalue weighted by atomic mass is 9.97. The first-order chi connectivity index (χ1) is 11.2. The molecule has 0 aliphatic rings. The van der Waals surface area contributed by atoms with Crippen LogP contribution in [0.15, 0.2) is 60.9 Å². The fourth-order valence-corrected chi connectivity index (χ4v) is 2.49. The Morgan fingerprint density at radius 3 is 2.78 bits per heavy atom. The smallest absolute Gasteiger partial charge is 0.125 e. The quantitative estimate of drug-likeness (QED) is 0.753. The first-order valence-electron chi connectivity index (χ1n) is 7.99. The van der Waals surface area contributed by atoms with Crippen LogP contribution in [0.1, 0.15) is 23.6 Å². The standard InChI is InChI=1S/C20H25N3/c1-4-7-18(15-21-3)19-14-17(10-9-16(19)2)11-13-23-20-8-5-6-12-22-20/h4-10,12,14-15,21H,11,13H2,1-3H3,(H,22,23)/b7-4-,18-15+. The Morgan fingerprint density at radius 1 is 1.22 bits per heavy atom. The molecule has 120 valence electrons. The van der Waals surface area contributed by atoms with Crippen LogP contribution in [0.3, 0.4) is 0 Å². The minimum atomic E-state index is 0.869. The second kappa shape index (κ2) is 8.79. The topological polar surface area (TPSA) is 37.0 Å². The molecule has 0 amide bonds. The van der Waals surface area contributed by atoms with E-state index in [-0.39, 0.29) is 0 Å². The Morgan fingerprint density at radius 2 is 2.09 bits per heavy atom. The molecule has 0 fully saturated rings. The first kappa shape index (κ1) is 16.8. The van der Waals surface area contributed by atoms with Crippen molar-refractivity contribution in [1.82, 2.24) is 10.3 Å². The van der Waals surface area contributed by atoms with Gasteiger partial charge in [-0.3, -0.25) is 0 Å². The average Bonchev–Trinajstić information content (AvgIpc) is 2.57. The number of anilines is 1. The van der Waals surface area contributed by atoms with Crippen LogP contribution < -0.4 is 10.6 Å². The van der Waals surface area contributed by atoms with Crippen LogP contribution in [0.25, 0.3) is 5.57 Å². The molecule has 0 atom stereocenters. The van der Waals surface area contributed by atoms with E-state index in [1.54, 1.807) is 6.20 Å². The number of hydrogen-bond donors (Lipinski definition) is 2. The number of hydrogen-bond acceptors (Lipinski definition) is 3. The second-order valence-corrected chi connectivity index (χ2v) is 5.43. The monoisotopic (exact) mass is 307 g/mol. The van der Waals surface area contributed by atoms with Gasteiger partial charge in [-0.1, -0.05) is 36.4 Å². The number of allylic oxidation sites excluding steroid dienone is 3. The molecule has 0 aliphatic carbocycles. The van der Waals surface area contributed by atoms with Crippen LogP contribution in [0, 0.1) is 6.92 Å². The number of nitrogens with zero attached hydrogens (tertiary/aromatic N) is 1. The summed E-state index contributed by atoms with van der Waals surface area (Å²) >= 11 is 0. The summed E-state index contributed by atoms with van der Waals surface area (Å²) in [6.07, 6.45) is 9.01. The summed E-state index contributed by atoms with van der Waals surface area (Å²) < 4.78 is 0. The summed E-state index contributed by atoms with van der Waals surface area (Å²) in [6.45, 7) is 5.06. The van der Waals surface area contributed by atoms with Gasteiger partial charge in [0.2, 0.25) is 0 Å². The van der Waals surface area contributed by atoms with Crippen LogP contribution in [-0.2, 0) is 6.42 Å². The van der Waals surface area contributed by atoms with Gasteiger partial charge in [0.05, 0.1) is 0 Å². The zero-order valence-corrected chi connectivity index (χ0v) is 14.1. The van der Waals surface area contributed by atoms with Crippen molar-refractivity contribution in [2.75, 3.05) is 18.9 Å². The number of benzene rings is 1. The largest absolute Gasteiger partial charge is 0.393 e. The van der Waals surface area contributed by atoms with E-state index in [0.717, 1.165) is 18.8 Å². The van der Waals surface area contributed by atoms with Crippen molar-refractivity contribution >= 4 is 11.4 Å². The highest BCUT2D eigenvalue weighted by atomic mass is 15.0. The van der Waals surface area contributed by atoms with Crippen molar-refractivity contribution in [3.8, 4) is 0 Å². The molecule has 0 aliphatic heterocycles. The Hall–Kier alpha value is -2.55. The Labute approximate surface area is 139 Å². The lowest BCUT2D eigenvalue weighted by Crippen LogP contribution is -2.06. The SMILES string of the molecule is C/C=C\C(=C/NC)c1cc(CCNc2ccccn2)ccc1C. The Balaban J connectivity index is 2.09. The van der Waals surface area contributed by atoms with E-state index in [4.69, 9.17) is 0 Å². The van der Waals surface area contributed by atoms with Crippen molar-refractivity contribution in [3.63, 3.8) is 0 Å². The fourth-order valence-electron chi connectivity index (χ4n) is 2.49. The molecule has 0 saturated carbocycles. The third-order valence-corrected chi connectivity index (χ3v) is 3.64. The molecule has 2 N–H and O–H groups in total. The maximum Gasteiger partial charge on any atom is 0.125 e. The molecule has 2 rings (SSSR count). The van der Waals surface area contributed by atoms with Crippen molar-refractivity contribution in [1.29, 1.82) is 0 Å². The van der Waals surface area contributed by atoms with Crippen LogP contribution in [0.4, 0.5) is 5.82 Å². The van der Waals surface area contributed by atoms with E-state index < -0.39 is 0 Å². The van der Waals surface area contributed by atoms with Gasteiger partial charge in [0, 0.05) is 26.0 Å². The average molecular weight is 307 g/mol. The molecule has 0 saturated heterocycles. The van der Waals surface area contributed by atoms with Gasteiger partial charge in [-0.05, 0) is 54.7 Å². The molecule has 0 unspecified atom stereocenters. The van der Waals surface area contributed by atoms with E-state index in [1.807, 2.05) is 38.4 Å². The van der Waals surface area contributed by atoms with Crippen molar-refractivity contribution in [2.24, 2.45) is 0 Å². The molecule has 3 nitrogen and oxygen atoms in total. The third-order valence-electron chi connectivity index (χ3n) is 3.64. The first-order valence-corrected chi connectivity index (χ1v) is 7.99. The zero-order chi connectivity index (χ0) is 16.5. The van der Waals surface area contributed by atoms with Crippen molar-refractivity contribution in [2.45, 2.75) is 20.3 Å². The lowest BCUT2D eigenvalue weighted by Gasteiger charge is -2.11. The summed E-state index contributed by atoms with van der Waals surface area (Å²) in [5.41, 5.74) is 5.08. The predicted molar refractivity (Wildman–Crippen MR) is 99.5 cm³/mol. The Bertz CT molecular complexity index is 673. The highest BCUT2D eigenvalue weighted by Gasteiger charge is 2.04. The normalized spacial score (nSPS) is 11.7. The number of aromatic nitrogens is 1. The highest BCUT2D eigenvalue weighted by Crippen LogP contribution is 2.21. The fraction of sp³-hybridized carbons (Fsp3) is 0.250. The summed E-state index contributed by atoms with van der Waals surface area (Å²) in [5.74, 6) is 0.921. The molecule has 23 heavy (non-hydrogen) atoms. The molecule has 0 spiro atoms. The lowest BCUT2D eigenvalue weighted by molar-refractivity contribution is 1.00. The summed E-state index contributed by atoms with van der Waals surface area (Å²) in [5, 5.41) is 6.48. The van der Waals surface area contributed by atoms with Crippen LogP contribution >= 0.6 is 0 Å². The van der Waals surface area contributed by atoms with Crippen LogP contribution in [0.5, 0.6) is 0 Å². The van der Waals surface area contributed by atoms with Gasteiger partial charge in [-0.15, -0.1) is 0 Å². The van der Waals surface area contributed by atoms with Crippen LogP contribution in [-0.4, -0.2) is 18.6 Å². The molecular weight excluding hydrogens is 282 g/mol. The predicted octanol–water partition coefficient (Wildman–Crippen LogP) is 4.18. The van der Waals surface area contributed by atoms with E-state index in [9.17, 15) is 0 Å². The van der Waals surface area contributed by atoms with E-state index in [0.29, 0.717) is 0 Å². The molecular formula is C20H25N3. The van der Waals surface area contributed by atoms with Gasteiger partial charge >= 0.3 is 0 Å². The van der Waals surface area contributed by atoms with Gasteiger partial charge < -0.3 is 10.6 Å². The van der Waals surface area contributed by atoms with Crippen molar-refractivity contribution in [3.05, 3.63) is 77.6 Å². The molecule has 2 aromatic rings. The van der Waals surface area contributed by atoms with Gasteiger partial charge in [0.25, 0.3) is 0 Å². The number of pyridine rings is 1.